The normalized spacial score (nSPS) is 10.2. The molecule has 0 atom stereocenters. The minimum absolute atomic E-state index is 0.216. The summed E-state index contributed by atoms with van der Waals surface area (Å²) in [5.41, 5.74) is -1.95. The fourth-order valence-electron chi connectivity index (χ4n) is 1.02. The van der Waals surface area contributed by atoms with Crippen LogP contribution in [0.15, 0.2) is 28.2 Å². The van der Waals surface area contributed by atoms with E-state index in [0.29, 0.717) is 6.07 Å². The summed E-state index contributed by atoms with van der Waals surface area (Å²) < 4.78 is 37.4. The molecule has 0 N–H and O–H groups in total. The second-order valence-corrected chi connectivity index (χ2v) is 2.61. The summed E-state index contributed by atoms with van der Waals surface area (Å²) in [7, 11) is 0. The largest absolute Gasteiger partial charge is 0.418 e. The molecular formula is C9H3F3N2O2. The molecule has 0 aliphatic heterocycles. The molecule has 16 heavy (non-hydrogen) atoms. The Morgan fingerprint density at radius 2 is 1.69 bits per heavy atom. The van der Waals surface area contributed by atoms with Gasteiger partial charge in [0.2, 0.25) is 12.2 Å². The molecule has 0 heterocycles. The molecule has 1 rings (SSSR count). The van der Waals surface area contributed by atoms with Gasteiger partial charge in [0.15, 0.2) is 0 Å². The molecule has 0 unspecified atom stereocenters. The molecule has 0 bridgehead atoms. The van der Waals surface area contributed by atoms with Crippen molar-refractivity contribution >= 4 is 23.5 Å². The van der Waals surface area contributed by atoms with Crippen LogP contribution in [0.2, 0.25) is 0 Å². The Kier molecular flexibility index (Phi) is 3.35. The molecular weight excluding hydrogens is 225 g/mol. The number of carbonyl (C=O) groups excluding carboxylic acids is 2. The van der Waals surface area contributed by atoms with Crippen molar-refractivity contribution in [1.82, 2.24) is 0 Å². The van der Waals surface area contributed by atoms with Gasteiger partial charge in [0.05, 0.1) is 16.9 Å². The Balaban J connectivity index is 3.43. The minimum atomic E-state index is -4.69. The number of benzene rings is 1. The van der Waals surface area contributed by atoms with Gasteiger partial charge >= 0.3 is 6.18 Å². The lowest BCUT2D eigenvalue weighted by Gasteiger charge is -2.08. The smallest absolute Gasteiger partial charge is 0.211 e. The summed E-state index contributed by atoms with van der Waals surface area (Å²) in [6, 6.07) is 2.63. The maximum absolute atomic E-state index is 12.5. The predicted molar refractivity (Wildman–Crippen MR) is 47.0 cm³/mol. The van der Waals surface area contributed by atoms with Gasteiger partial charge in [-0.05, 0) is 18.2 Å². The van der Waals surface area contributed by atoms with Crippen molar-refractivity contribution in [1.29, 1.82) is 0 Å². The van der Waals surface area contributed by atoms with Gasteiger partial charge in [0.25, 0.3) is 0 Å². The molecule has 1 aromatic rings. The summed E-state index contributed by atoms with van der Waals surface area (Å²) >= 11 is 0. The molecule has 82 valence electrons. The zero-order chi connectivity index (χ0) is 12.2. The van der Waals surface area contributed by atoms with Gasteiger partial charge in [-0.25, -0.2) is 9.59 Å². The van der Waals surface area contributed by atoms with Gasteiger partial charge in [-0.1, -0.05) is 0 Å². The highest BCUT2D eigenvalue weighted by atomic mass is 19.4. The molecule has 1 aromatic carbocycles. The first-order valence-corrected chi connectivity index (χ1v) is 3.86. The van der Waals surface area contributed by atoms with Crippen LogP contribution in [0.25, 0.3) is 0 Å². The average Bonchev–Trinajstić information content (AvgIpc) is 2.19. The highest BCUT2D eigenvalue weighted by Crippen LogP contribution is 2.38. The van der Waals surface area contributed by atoms with Gasteiger partial charge in [-0.3, -0.25) is 0 Å². The lowest BCUT2D eigenvalue weighted by Crippen LogP contribution is -2.04. The SMILES string of the molecule is O=C=Nc1ccc(N=C=O)c(C(F)(F)F)c1. The highest BCUT2D eigenvalue weighted by molar-refractivity contribution is 5.61. The van der Waals surface area contributed by atoms with E-state index < -0.39 is 17.4 Å². The van der Waals surface area contributed by atoms with E-state index in [4.69, 9.17) is 0 Å². The first kappa shape index (κ1) is 11.8. The molecule has 0 saturated heterocycles. The van der Waals surface area contributed by atoms with Crippen molar-refractivity contribution in [3.8, 4) is 0 Å². The first-order valence-electron chi connectivity index (χ1n) is 3.86. The van der Waals surface area contributed by atoms with Crippen molar-refractivity contribution < 1.29 is 22.8 Å². The third-order valence-electron chi connectivity index (χ3n) is 1.63. The third-order valence-corrected chi connectivity index (χ3v) is 1.63. The lowest BCUT2D eigenvalue weighted by molar-refractivity contribution is -0.137. The topological polar surface area (TPSA) is 58.9 Å². The Bertz CT molecular complexity index is 498. The summed E-state index contributed by atoms with van der Waals surface area (Å²) in [4.78, 5) is 25.8. The van der Waals surface area contributed by atoms with Crippen molar-refractivity contribution in [3.05, 3.63) is 23.8 Å². The molecule has 0 spiro atoms. The maximum atomic E-state index is 12.5. The summed E-state index contributed by atoms with van der Waals surface area (Å²) in [6.07, 6.45) is -2.56. The summed E-state index contributed by atoms with van der Waals surface area (Å²) in [6.45, 7) is 0. The second kappa shape index (κ2) is 4.53. The molecule has 0 aliphatic carbocycles. The van der Waals surface area contributed by atoms with E-state index >= 15 is 0 Å². The van der Waals surface area contributed by atoms with Gasteiger partial charge in [0, 0.05) is 0 Å². The Labute approximate surface area is 87.1 Å². The van der Waals surface area contributed by atoms with Gasteiger partial charge < -0.3 is 0 Å². The number of alkyl halides is 3. The number of rotatable bonds is 2. The Morgan fingerprint density at radius 3 is 2.19 bits per heavy atom. The fourth-order valence-corrected chi connectivity index (χ4v) is 1.02. The molecule has 0 radical (unpaired) electrons. The molecule has 0 aliphatic rings. The fraction of sp³-hybridized carbons (Fsp3) is 0.111. The number of hydrogen-bond acceptors (Lipinski definition) is 4. The van der Waals surface area contributed by atoms with Crippen LogP contribution in [0.1, 0.15) is 5.56 Å². The summed E-state index contributed by atoms with van der Waals surface area (Å²) in [5, 5.41) is 0. The molecule has 4 nitrogen and oxygen atoms in total. The number of hydrogen-bond donors (Lipinski definition) is 0. The standard InChI is InChI=1S/C9H3F3N2O2/c10-9(11,12)7-3-6(13-4-15)1-2-8(7)14-5-16/h1-3H. The number of isocyanates is 2. The number of nitrogens with zero attached hydrogens (tertiary/aromatic N) is 2. The van der Waals surface area contributed by atoms with Crippen LogP contribution in [-0.2, 0) is 15.8 Å². The van der Waals surface area contributed by atoms with Crippen molar-refractivity contribution in [2.75, 3.05) is 0 Å². The predicted octanol–water partition coefficient (Wildman–Crippen LogP) is 2.64. The van der Waals surface area contributed by atoms with E-state index in [1.54, 1.807) is 0 Å². The van der Waals surface area contributed by atoms with E-state index in [1.165, 1.54) is 0 Å². The zero-order valence-corrected chi connectivity index (χ0v) is 7.58. The van der Waals surface area contributed by atoms with Crippen LogP contribution in [0.3, 0.4) is 0 Å². The van der Waals surface area contributed by atoms with Gasteiger partial charge in [-0.15, -0.1) is 0 Å². The quantitative estimate of drug-likeness (QED) is 0.577. The number of aliphatic imine (C=N–C) groups is 2. The number of halogens is 3. The molecule has 0 amide bonds. The van der Waals surface area contributed by atoms with Crippen LogP contribution in [0.4, 0.5) is 24.5 Å². The molecule has 0 saturated carbocycles. The highest BCUT2D eigenvalue weighted by Gasteiger charge is 2.34. The maximum Gasteiger partial charge on any atom is 0.418 e. The minimum Gasteiger partial charge on any atom is -0.211 e. The van der Waals surface area contributed by atoms with Crippen LogP contribution >= 0.6 is 0 Å². The van der Waals surface area contributed by atoms with E-state index in [2.05, 4.69) is 9.98 Å². The Morgan fingerprint density at radius 1 is 1.06 bits per heavy atom. The molecule has 7 heteroatoms. The summed E-state index contributed by atoms with van der Waals surface area (Å²) in [5.74, 6) is 0. The van der Waals surface area contributed by atoms with Gasteiger partial charge in [0.1, 0.15) is 0 Å². The lowest BCUT2D eigenvalue weighted by atomic mass is 10.1. The van der Waals surface area contributed by atoms with Crippen molar-refractivity contribution in [2.24, 2.45) is 9.98 Å². The first-order chi connectivity index (χ1) is 7.49. The average molecular weight is 228 g/mol. The molecule has 0 aromatic heterocycles. The van der Waals surface area contributed by atoms with E-state index in [-0.39, 0.29) is 5.69 Å². The van der Waals surface area contributed by atoms with E-state index in [1.807, 2.05) is 0 Å². The van der Waals surface area contributed by atoms with E-state index in [0.717, 1.165) is 24.3 Å². The van der Waals surface area contributed by atoms with Crippen molar-refractivity contribution in [3.63, 3.8) is 0 Å². The van der Waals surface area contributed by atoms with Crippen LogP contribution in [-0.4, -0.2) is 12.2 Å². The van der Waals surface area contributed by atoms with Crippen LogP contribution in [0, 0.1) is 0 Å². The van der Waals surface area contributed by atoms with Crippen LogP contribution in [0.5, 0.6) is 0 Å². The molecule has 0 fully saturated rings. The third kappa shape index (κ3) is 2.63. The van der Waals surface area contributed by atoms with E-state index in [9.17, 15) is 22.8 Å². The van der Waals surface area contributed by atoms with Gasteiger partial charge in [-0.2, -0.15) is 23.2 Å². The second-order valence-electron chi connectivity index (χ2n) is 2.61. The zero-order valence-electron chi connectivity index (χ0n) is 7.58. The monoisotopic (exact) mass is 228 g/mol. The van der Waals surface area contributed by atoms with Crippen molar-refractivity contribution in [2.45, 2.75) is 6.18 Å². The Hall–Kier alpha value is -2.23. The van der Waals surface area contributed by atoms with Crippen LogP contribution < -0.4 is 0 Å².